The molecule has 112 valence electrons. The zero-order chi connectivity index (χ0) is 15.2. The van der Waals surface area contributed by atoms with Crippen molar-refractivity contribution >= 4 is 27.5 Å². The summed E-state index contributed by atoms with van der Waals surface area (Å²) < 4.78 is 14.4. The monoisotopic (exact) mass is 369 g/mol. The van der Waals surface area contributed by atoms with E-state index < -0.39 is 0 Å². The first-order valence-corrected chi connectivity index (χ1v) is 8.18. The molecule has 21 heavy (non-hydrogen) atoms. The van der Waals surface area contributed by atoms with Crippen LogP contribution in [0.3, 0.4) is 0 Å². The van der Waals surface area contributed by atoms with Gasteiger partial charge in [-0.15, -0.1) is 0 Å². The normalized spacial score (nSPS) is 12.4. The first-order chi connectivity index (χ1) is 10.1. The van der Waals surface area contributed by atoms with Crippen LogP contribution in [-0.4, -0.2) is 13.1 Å². The fraction of sp³-hybridized carbons (Fsp3) is 0.294. The van der Waals surface area contributed by atoms with Crippen LogP contribution in [0.4, 0.5) is 4.39 Å². The second-order valence-corrected chi connectivity index (χ2v) is 6.23. The average molecular weight is 371 g/mol. The first-order valence-electron chi connectivity index (χ1n) is 7.01. The lowest BCUT2D eigenvalue weighted by Crippen LogP contribution is -2.23. The van der Waals surface area contributed by atoms with Crippen LogP contribution in [0, 0.1) is 5.82 Å². The molecule has 0 aliphatic heterocycles. The minimum absolute atomic E-state index is 0.205. The Morgan fingerprint density at radius 2 is 2.00 bits per heavy atom. The highest BCUT2D eigenvalue weighted by Crippen LogP contribution is 2.30. The quantitative estimate of drug-likeness (QED) is 0.739. The van der Waals surface area contributed by atoms with Gasteiger partial charge in [-0.25, -0.2) is 4.39 Å². The third-order valence-electron chi connectivity index (χ3n) is 3.46. The Morgan fingerprint density at radius 1 is 1.24 bits per heavy atom. The van der Waals surface area contributed by atoms with Gasteiger partial charge < -0.3 is 5.32 Å². The third-order valence-corrected chi connectivity index (χ3v) is 4.58. The van der Waals surface area contributed by atoms with Crippen LogP contribution in [0.15, 0.2) is 46.9 Å². The second kappa shape index (κ2) is 7.92. The fourth-order valence-corrected chi connectivity index (χ4v) is 3.08. The van der Waals surface area contributed by atoms with Gasteiger partial charge in [0.25, 0.3) is 0 Å². The number of benzene rings is 2. The van der Waals surface area contributed by atoms with E-state index in [0.29, 0.717) is 0 Å². The number of halogens is 3. The number of nitrogens with one attached hydrogen (secondary N) is 1. The Balaban J connectivity index is 2.28. The van der Waals surface area contributed by atoms with Crippen LogP contribution in [0.5, 0.6) is 0 Å². The molecule has 0 radical (unpaired) electrons. The van der Waals surface area contributed by atoms with E-state index in [2.05, 4.69) is 28.2 Å². The van der Waals surface area contributed by atoms with Gasteiger partial charge in [0.1, 0.15) is 5.82 Å². The van der Waals surface area contributed by atoms with Crippen LogP contribution in [0.1, 0.15) is 24.0 Å². The van der Waals surface area contributed by atoms with Gasteiger partial charge in [-0.1, -0.05) is 52.7 Å². The van der Waals surface area contributed by atoms with Gasteiger partial charge >= 0.3 is 0 Å². The minimum atomic E-state index is -0.213. The molecular weight excluding hydrogens is 353 g/mol. The summed E-state index contributed by atoms with van der Waals surface area (Å²) in [5.41, 5.74) is 2.05. The maximum absolute atomic E-state index is 13.5. The molecule has 1 unspecified atom stereocenters. The average Bonchev–Trinajstić information content (AvgIpc) is 2.48. The first kappa shape index (κ1) is 16.5. The number of hydrogen-bond donors (Lipinski definition) is 1. The molecule has 1 nitrogen and oxygen atoms in total. The van der Waals surface area contributed by atoms with Gasteiger partial charge in [-0.3, -0.25) is 0 Å². The Bertz CT molecular complexity index is 603. The highest BCUT2D eigenvalue weighted by molar-refractivity contribution is 9.10. The molecule has 0 bridgehead atoms. The zero-order valence-corrected chi connectivity index (χ0v) is 14.2. The summed E-state index contributed by atoms with van der Waals surface area (Å²) >= 11 is 9.82. The lowest BCUT2D eigenvalue weighted by atomic mass is 9.91. The maximum Gasteiger partial charge on any atom is 0.123 e. The lowest BCUT2D eigenvalue weighted by molar-refractivity contribution is 0.587. The highest BCUT2D eigenvalue weighted by Gasteiger charge is 2.16. The van der Waals surface area contributed by atoms with Crippen molar-refractivity contribution in [3.05, 3.63) is 68.9 Å². The smallest absolute Gasteiger partial charge is 0.123 e. The Hall–Kier alpha value is -0.900. The lowest BCUT2D eigenvalue weighted by Gasteiger charge is -2.20. The molecule has 0 heterocycles. The van der Waals surface area contributed by atoms with E-state index >= 15 is 0 Å². The molecule has 1 atom stereocenters. The van der Waals surface area contributed by atoms with E-state index in [-0.39, 0.29) is 11.7 Å². The highest BCUT2D eigenvalue weighted by atomic mass is 79.9. The topological polar surface area (TPSA) is 12.0 Å². The van der Waals surface area contributed by atoms with Gasteiger partial charge in [0.2, 0.25) is 0 Å². The van der Waals surface area contributed by atoms with Gasteiger partial charge in [0.15, 0.2) is 0 Å². The second-order valence-electron chi connectivity index (χ2n) is 4.97. The van der Waals surface area contributed by atoms with Crippen molar-refractivity contribution in [2.75, 3.05) is 13.1 Å². The minimum Gasteiger partial charge on any atom is -0.316 e. The van der Waals surface area contributed by atoms with Crippen LogP contribution >= 0.6 is 27.5 Å². The van der Waals surface area contributed by atoms with E-state index in [9.17, 15) is 4.39 Å². The summed E-state index contributed by atoms with van der Waals surface area (Å²) in [6, 6.07) is 12.6. The predicted molar refractivity (Wildman–Crippen MR) is 90.5 cm³/mol. The molecule has 0 amide bonds. The van der Waals surface area contributed by atoms with E-state index in [1.165, 1.54) is 6.07 Å². The molecule has 2 aromatic rings. The summed E-state index contributed by atoms with van der Waals surface area (Å²) in [6.07, 6.45) is 0.731. The Labute approximate surface area is 138 Å². The summed E-state index contributed by atoms with van der Waals surface area (Å²) in [5, 5.41) is 4.12. The standard InChI is InChI=1S/C17H18BrClFN/c1-2-21-11-13(15-5-3-4-6-17(15)19)9-12-10-14(20)7-8-16(12)18/h3-8,10,13,21H,2,9,11H2,1H3. The van der Waals surface area contributed by atoms with Gasteiger partial charge in [0, 0.05) is 22.0 Å². The van der Waals surface area contributed by atoms with Crippen molar-refractivity contribution in [2.45, 2.75) is 19.3 Å². The molecular formula is C17H18BrClFN. The van der Waals surface area contributed by atoms with Crippen LogP contribution in [-0.2, 0) is 6.42 Å². The molecule has 0 saturated heterocycles. The largest absolute Gasteiger partial charge is 0.316 e. The van der Waals surface area contributed by atoms with Crippen molar-refractivity contribution in [3.63, 3.8) is 0 Å². The summed E-state index contributed by atoms with van der Waals surface area (Å²) in [6.45, 7) is 3.77. The predicted octanol–water partition coefficient (Wildman–Crippen LogP) is 5.18. The molecule has 0 aliphatic carbocycles. The van der Waals surface area contributed by atoms with Crippen molar-refractivity contribution in [1.29, 1.82) is 0 Å². The van der Waals surface area contributed by atoms with E-state index in [1.54, 1.807) is 12.1 Å². The van der Waals surface area contributed by atoms with Gasteiger partial charge in [-0.05, 0) is 48.4 Å². The van der Waals surface area contributed by atoms with Crippen molar-refractivity contribution in [2.24, 2.45) is 0 Å². The van der Waals surface area contributed by atoms with Crippen molar-refractivity contribution in [3.8, 4) is 0 Å². The zero-order valence-electron chi connectivity index (χ0n) is 11.9. The maximum atomic E-state index is 13.5. The molecule has 0 saturated carbocycles. The number of likely N-dealkylation sites (N-methyl/N-ethyl adjacent to an activating group) is 1. The molecule has 4 heteroatoms. The van der Waals surface area contributed by atoms with Crippen molar-refractivity contribution in [1.82, 2.24) is 5.32 Å². The Morgan fingerprint density at radius 3 is 2.71 bits per heavy atom. The Kier molecular flexibility index (Phi) is 6.22. The molecule has 0 aromatic heterocycles. The summed E-state index contributed by atoms with van der Waals surface area (Å²) in [4.78, 5) is 0. The van der Waals surface area contributed by atoms with Gasteiger partial charge in [0.05, 0.1) is 0 Å². The number of hydrogen-bond acceptors (Lipinski definition) is 1. The summed E-state index contributed by atoms with van der Waals surface area (Å²) in [7, 11) is 0. The van der Waals surface area contributed by atoms with E-state index in [1.807, 2.05) is 24.3 Å². The molecule has 2 rings (SSSR count). The number of rotatable bonds is 6. The summed E-state index contributed by atoms with van der Waals surface area (Å²) in [5.74, 6) is -0.00805. The SMILES string of the molecule is CCNCC(Cc1cc(F)ccc1Br)c1ccccc1Cl. The molecule has 1 N–H and O–H groups in total. The van der Waals surface area contributed by atoms with Crippen LogP contribution < -0.4 is 5.32 Å². The van der Waals surface area contributed by atoms with Crippen LogP contribution in [0.2, 0.25) is 5.02 Å². The molecule has 0 spiro atoms. The fourth-order valence-electron chi connectivity index (χ4n) is 2.38. The van der Waals surface area contributed by atoms with Crippen molar-refractivity contribution < 1.29 is 4.39 Å². The molecule has 2 aromatic carbocycles. The third kappa shape index (κ3) is 4.53. The van der Waals surface area contributed by atoms with E-state index in [0.717, 1.165) is 40.1 Å². The molecule has 0 aliphatic rings. The van der Waals surface area contributed by atoms with Crippen LogP contribution in [0.25, 0.3) is 0 Å². The van der Waals surface area contributed by atoms with Gasteiger partial charge in [-0.2, -0.15) is 0 Å². The van der Waals surface area contributed by atoms with E-state index in [4.69, 9.17) is 11.6 Å². The molecule has 0 fully saturated rings.